The number of anilines is 2. The second-order valence-corrected chi connectivity index (χ2v) is 5.79. The zero-order valence-electron chi connectivity index (χ0n) is 13.3. The van der Waals surface area contributed by atoms with Crippen molar-refractivity contribution in [1.82, 2.24) is 19.5 Å². The van der Waals surface area contributed by atoms with Gasteiger partial charge in [0.05, 0.1) is 16.6 Å². The molecule has 0 radical (unpaired) electrons. The van der Waals surface area contributed by atoms with Gasteiger partial charge in [0.1, 0.15) is 18.0 Å². The van der Waals surface area contributed by atoms with Gasteiger partial charge in [-0.1, -0.05) is 11.6 Å². The summed E-state index contributed by atoms with van der Waals surface area (Å²) in [5.41, 5.74) is 5.19. The fraction of sp³-hybridized carbons (Fsp3) is 0.167. The van der Waals surface area contributed by atoms with Gasteiger partial charge in [0.15, 0.2) is 0 Å². The van der Waals surface area contributed by atoms with Crippen molar-refractivity contribution in [1.29, 1.82) is 0 Å². The molecule has 0 aliphatic heterocycles. The molecule has 2 aromatic carbocycles. The Hall–Kier alpha value is -2.95. The summed E-state index contributed by atoms with van der Waals surface area (Å²) >= 11 is 0. The van der Waals surface area contributed by atoms with E-state index in [1.165, 1.54) is 5.56 Å². The molecule has 0 aliphatic carbocycles. The maximum absolute atomic E-state index is 4.58. The van der Waals surface area contributed by atoms with Crippen LogP contribution in [0.1, 0.15) is 11.4 Å². The molecule has 0 fully saturated rings. The van der Waals surface area contributed by atoms with E-state index in [0.29, 0.717) is 0 Å². The van der Waals surface area contributed by atoms with Crippen LogP contribution in [0.5, 0.6) is 0 Å². The number of hydrogen-bond donors (Lipinski definition) is 1. The monoisotopic (exact) mass is 303 g/mol. The summed E-state index contributed by atoms with van der Waals surface area (Å²) in [5, 5.41) is 4.41. The molecule has 2 aromatic heterocycles. The molecule has 0 amide bonds. The minimum atomic E-state index is 0.811. The minimum absolute atomic E-state index is 0.811. The average molecular weight is 303 g/mol. The minimum Gasteiger partial charge on any atom is -0.340 e. The lowest BCUT2D eigenvalue weighted by Crippen LogP contribution is -1.96. The van der Waals surface area contributed by atoms with Gasteiger partial charge in [-0.3, -0.25) is 0 Å². The van der Waals surface area contributed by atoms with Crippen LogP contribution < -0.4 is 5.32 Å². The van der Waals surface area contributed by atoms with Crippen LogP contribution in [-0.4, -0.2) is 19.5 Å². The molecule has 0 aliphatic rings. The molecule has 1 N–H and O–H groups in total. The third kappa shape index (κ3) is 2.30. The summed E-state index contributed by atoms with van der Waals surface area (Å²) in [6, 6.07) is 12.3. The van der Waals surface area contributed by atoms with Crippen molar-refractivity contribution in [3.63, 3.8) is 0 Å². The van der Waals surface area contributed by atoms with Crippen LogP contribution in [0.4, 0.5) is 11.5 Å². The van der Waals surface area contributed by atoms with Crippen molar-refractivity contribution in [3.8, 4) is 0 Å². The number of nitrogens with zero attached hydrogens (tertiary/aromatic N) is 4. The fourth-order valence-electron chi connectivity index (χ4n) is 2.80. The summed E-state index contributed by atoms with van der Waals surface area (Å²) in [6.07, 6.45) is 1.59. The van der Waals surface area contributed by atoms with Gasteiger partial charge in [-0.05, 0) is 44.2 Å². The molecule has 5 nitrogen and oxygen atoms in total. The first kappa shape index (κ1) is 13.7. The second-order valence-electron chi connectivity index (χ2n) is 5.79. The number of aryl methyl sites for hydroxylation is 3. The quantitative estimate of drug-likeness (QED) is 0.610. The molecule has 5 heteroatoms. The zero-order valence-corrected chi connectivity index (χ0v) is 13.3. The summed E-state index contributed by atoms with van der Waals surface area (Å²) < 4.78 is 2.09. The molecule has 0 unspecified atom stereocenters. The highest BCUT2D eigenvalue weighted by Crippen LogP contribution is 2.26. The third-order valence-corrected chi connectivity index (χ3v) is 4.16. The number of nitrogens with one attached hydrogen (secondary N) is 1. The van der Waals surface area contributed by atoms with Crippen LogP contribution in [0.3, 0.4) is 0 Å². The number of hydrogen-bond acceptors (Lipinski definition) is 4. The Morgan fingerprint density at radius 2 is 1.83 bits per heavy atom. The van der Waals surface area contributed by atoms with Crippen LogP contribution in [0.2, 0.25) is 0 Å². The molecule has 0 atom stereocenters. The number of benzene rings is 2. The predicted molar refractivity (Wildman–Crippen MR) is 93.0 cm³/mol. The largest absolute Gasteiger partial charge is 0.340 e. The maximum Gasteiger partial charge on any atom is 0.141 e. The lowest BCUT2D eigenvalue weighted by atomic mass is 10.1. The van der Waals surface area contributed by atoms with Gasteiger partial charge in [-0.2, -0.15) is 0 Å². The van der Waals surface area contributed by atoms with Crippen LogP contribution in [0.15, 0.2) is 42.7 Å². The molecule has 4 rings (SSSR count). The molecule has 0 saturated heterocycles. The Labute approximate surface area is 134 Å². The normalized spacial score (nSPS) is 11.3. The van der Waals surface area contributed by atoms with Crippen LogP contribution in [0.25, 0.3) is 21.9 Å². The van der Waals surface area contributed by atoms with Gasteiger partial charge in [-0.25, -0.2) is 15.0 Å². The molecular formula is C18H17N5. The topological polar surface area (TPSA) is 55.6 Å². The van der Waals surface area contributed by atoms with E-state index in [1.807, 2.05) is 32.2 Å². The first-order valence-electron chi connectivity index (χ1n) is 7.53. The van der Waals surface area contributed by atoms with Gasteiger partial charge in [-0.15, -0.1) is 0 Å². The Morgan fingerprint density at radius 1 is 0.957 bits per heavy atom. The van der Waals surface area contributed by atoms with Crippen molar-refractivity contribution in [2.24, 2.45) is 7.05 Å². The van der Waals surface area contributed by atoms with E-state index in [-0.39, 0.29) is 0 Å². The Balaban J connectivity index is 1.80. The average Bonchev–Trinajstić information content (AvgIpc) is 2.82. The van der Waals surface area contributed by atoms with Crippen molar-refractivity contribution < 1.29 is 0 Å². The first-order valence-corrected chi connectivity index (χ1v) is 7.53. The van der Waals surface area contributed by atoms with Gasteiger partial charge in [0.25, 0.3) is 0 Å². The number of imidazole rings is 1. The maximum atomic E-state index is 4.58. The molecule has 2 heterocycles. The summed E-state index contributed by atoms with van der Waals surface area (Å²) in [6.45, 7) is 4.08. The molecule has 114 valence electrons. The number of rotatable bonds is 2. The Morgan fingerprint density at radius 3 is 2.70 bits per heavy atom. The predicted octanol–water partition coefficient (Wildman–Crippen LogP) is 3.88. The smallest absolute Gasteiger partial charge is 0.141 e. The van der Waals surface area contributed by atoms with E-state index < -0.39 is 0 Å². The number of fused-ring (bicyclic) bond motifs is 2. The van der Waals surface area contributed by atoms with E-state index in [0.717, 1.165) is 39.3 Å². The molecular weight excluding hydrogens is 286 g/mol. The van der Waals surface area contributed by atoms with Gasteiger partial charge in [0, 0.05) is 18.1 Å². The Bertz CT molecular complexity index is 1030. The lowest BCUT2D eigenvalue weighted by Gasteiger charge is -2.09. The van der Waals surface area contributed by atoms with E-state index in [4.69, 9.17) is 0 Å². The van der Waals surface area contributed by atoms with E-state index in [1.54, 1.807) is 6.33 Å². The summed E-state index contributed by atoms with van der Waals surface area (Å²) in [7, 11) is 2.03. The summed E-state index contributed by atoms with van der Waals surface area (Å²) in [5.74, 6) is 1.81. The van der Waals surface area contributed by atoms with Gasteiger partial charge < -0.3 is 9.88 Å². The van der Waals surface area contributed by atoms with Crippen molar-refractivity contribution in [2.45, 2.75) is 13.8 Å². The van der Waals surface area contributed by atoms with Crippen molar-refractivity contribution in [3.05, 3.63) is 54.1 Å². The summed E-state index contributed by atoms with van der Waals surface area (Å²) in [4.78, 5) is 13.3. The van der Waals surface area contributed by atoms with Gasteiger partial charge in [0.2, 0.25) is 0 Å². The highest BCUT2D eigenvalue weighted by atomic mass is 15.1. The highest BCUT2D eigenvalue weighted by molar-refractivity contribution is 5.92. The lowest BCUT2D eigenvalue weighted by molar-refractivity contribution is 0.886. The van der Waals surface area contributed by atoms with E-state index in [9.17, 15) is 0 Å². The Kier molecular flexibility index (Phi) is 3.01. The molecule has 4 aromatic rings. The molecule has 0 bridgehead atoms. The van der Waals surface area contributed by atoms with E-state index >= 15 is 0 Å². The fourth-order valence-corrected chi connectivity index (χ4v) is 2.80. The van der Waals surface area contributed by atoms with Gasteiger partial charge >= 0.3 is 0 Å². The SMILES string of the molecule is Cc1ccc2ncnc(Nc3ccc4c(c3)nc(C)n4C)c2c1. The van der Waals surface area contributed by atoms with Crippen LogP contribution in [-0.2, 0) is 7.05 Å². The number of aromatic nitrogens is 4. The van der Waals surface area contributed by atoms with E-state index in [2.05, 4.69) is 50.0 Å². The molecule has 0 spiro atoms. The third-order valence-electron chi connectivity index (χ3n) is 4.16. The molecule has 0 saturated carbocycles. The standard InChI is InChI=1S/C18H17N5/c1-11-4-6-15-14(8-11)18(20-10-19-15)22-13-5-7-17-16(9-13)21-12(2)23(17)3/h4-10H,1-3H3,(H,19,20,22). The highest BCUT2D eigenvalue weighted by Gasteiger charge is 2.07. The van der Waals surface area contributed by atoms with Crippen molar-refractivity contribution in [2.75, 3.05) is 5.32 Å². The zero-order chi connectivity index (χ0) is 16.0. The van der Waals surface area contributed by atoms with Crippen LogP contribution >= 0.6 is 0 Å². The second kappa shape index (κ2) is 5.05. The van der Waals surface area contributed by atoms with Crippen molar-refractivity contribution >= 4 is 33.4 Å². The molecule has 23 heavy (non-hydrogen) atoms. The van der Waals surface area contributed by atoms with Crippen LogP contribution in [0, 0.1) is 13.8 Å². The first-order chi connectivity index (χ1) is 11.1.